The Morgan fingerprint density at radius 2 is 1.89 bits per heavy atom. The largest absolute Gasteiger partial charge is 0.389 e. The van der Waals surface area contributed by atoms with Crippen molar-refractivity contribution in [1.29, 1.82) is 0 Å². The van der Waals surface area contributed by atoms with Crippen LogP contribution in [0.25, 0.3) is 10.8 Å². The summed E-state index contributed by atoms with van der Waals surface area (Å²) in [4.78, 5) is 6.61. The Hall–Kier alpha value is -2.31. The van der Waals surface area contributed by atoms with Crippen LogP contribution in [-0.4, -0.2) is 62.6 Å². The minimum Gasteiger partial charge on any atom is -0.389 e. The van der Waals surface area contributed by atoms with Crippen LogP contribution >= 0.6 is 0 Å². The summed E-state index contributed by atoms with van der Waals surface area (Å²) in [6, 6.07) is 9.29. The maximum Gasteiger partial charge on any atom is 0.0975 e. The van der Waals surface area contributed by atoms with E-state index >= 15 is 0 Å². The number of aliphatic hydroxyl groups is 2. The van der Waals surface area contributed by atoms with Gasteiger partial charge in [0.05, 0.1) is 23.4 Å². The van der Waals surface area contributed by atoms with Crippen LogP contribution < -0.4 is 0 Å². The molecule has 5 nitrogen and oxygen atoms in total. The van der Waals surface area contributed by atoms with Crippen molar-refractivity contribution < 1.29 is 14.9 Å². The predicted molar refractivity (Wildman–Crippen MR) is 143 cm³/mol. The fourth-order valence-electron chi connectivity index (χ4n) is 9.23. The van der Waals surface area contributed by atoms with E-state index in [9.17, 15) is 10.2 Å². The van der Waals surface area contributed by atoms with Crippen molar-refractivity contribution in [2.45, 2.75) is 80.8 Å². The van der Waals surface area contributed by atoms with E-state index in [4.69, 9.17) is 4.74 Å². The fourth-order valence-corrected chi connectivity index (χ4v) is 9.23. The van der Waals surface area contributed by atoms with Crippen LogP contribution in [0.2, 0.25) is 0 Å². The molecule has 8 atom stereocenters. The third kappa shape index (κ3) is 3.03. The minimum atomic E-state index is -0.653. The Morgan fingerprint density at radius 1 is 1.03 bits per heavy atom. The van der Waals surface area contributed by atoms with Gasteiger partial charge in [0.2, 0.25) is 0 Å². The van der Waals surface area contributed by atoms with E-state index in [1.54, 1.807) is 0 Å². The van der Waals surface area contributed by atoms with Crippen LogP contribution in [-0.2, 0) is 4.74 Å². The number of fused-ring (bicyclic) bond motifs is 2. The van der Waals surface area contributed by atoms with Crippen LogP contribution in [0.15, 0.2) is 72.1 Å². The number of aliphatic hydroxyl groups excluding tert-OH is 2. The summed E-state index contributed by atoms with van der Waals surface area (Å²) in [6.07, 6.45) is 18.6. The number of benzene rings is 1. The summed E-state index contributed by atoms with van der Waals surface area (Å²) in [7, 11) is 0. The highest BCUT2D eigenvalue weighted by Crippen LogP contribution is 2.69. The molecule has 0 amide bonds. The highest BCUT2D eigenvalue weighted by Gasteiger charge is 2.66. The van der Waals surface area contributed by atoms with Crippen LogP contribution in [0.3, 0.4) is 0 Å². The van der Waals surface area contributed by atoms with E-state index in [0.29, 0.717) is 24.9 Å². The molecule has 6 aliphatic rings. The molecule has 3 aliphatic carbocycles. The molecule has 5 heteroatoms. The van der Waals surface area contributed by atoms with Gasteiger partial charge in [-0.15, -0.1) is 0 Å². The van der Waals surface area contributed by atoms with Gasteiger partial charge in [-0.25, -0.2) is 0 Å². The van der Waals surface area contributed by atoms with Crippen LogP contribution in [0.1, 0.15) is 56.9 Å². The minimum absolute atomic E-state index is 0.170. The van der Waals surface area contributed by atoms with Crippen molar-refractivity contribution in [2.75, 3.05) is 13.1 Å². The van der Waals surface area contributed by atoms with E-state index in [-0.39, 0.29) is 22.7 Å². The number of β-amino-alcohol motifs (C(OH)–C–C–N with tert-alkyl or cyclic N) is 2. The zero-order valence-electron chi connectivity index (χ0n) is 21.5. The quantitative estimate of drug-likeness (QED) is 0.633. The predicted octanol–water partition coefficient (Wildman–Crippen LogP) is 4.66. The van der Waals surface area contributed by atoms with E-state index in [0.717, 1.165) is 25.7 Å². The second kappa shape index (κ2) is 7.63. The lowest BCUT2D eigenvalue weighted by atomic mass is 9.58. The summed E-state index contributed by atoms with van der Waals surface area (Å²) in [6.45, 7) is 3.59. The molecule has 4 heterocycles. The van der Waals surface area contributed by atoms with Gasteiger partial charge in [-0.05, 0) is 90.0 Å². The molecule has 37 heavy (non-hydrogen) atoms. The summed E-state index contributed by atoms with van der Waals surface area (Å²) in [5.74, 6) is 1.03. The molecule has 2 N–H and O–H groups in total. The van der Waals surface area contributed by atoms with Crippen molar-refractivity contribution in [1.82, 2.24) is 9.88 Å². The molecule has 0 radical (unpaired) electrons. The summed E-state index contributed by atoms with van der Waals surface area (Å²) < 4.78 is 7.41. The summed E-state index contributed by atoms with van der Waals surface area (Å²) in [5.41, 5.74) is 3.91. The number of rotatable bonds is 2. The summed E-state index contributed by atoms with van der Waals surface area (Å²) >= 11 is 0. The lowest BCUT2D eigenvalue weighted by molar-refractivity contribution is -0.132. The molecule has 2 saturated heterocycles. The Labute approximate surface area is 218 Å². The molecule has 1 aromatic heterocycles. The zero-order chi connectivity index (χ0) is 25.0. The first-order valence-electron chi connectivity index (χ1n) is 14.2. The number of hydrogen-bond acceptors (Lipinski definition) is 5. The third-order valence-corrected chi connectivity index (χ3v) is 11.1. The molecule has 1 aromatic carbocycles. The van der Waals surface area contributed by atoms with Gasteiger partial charge in [0.1, 0.15) is 0 Å². The molecule has 1 saturated carbocycles. The first kappa shape index (κ1) is 22.7. The Kier molecular flexibility index (Phi) is 4.67. The monoisotopic (exact) mass is 496 g/mol. The SMILES string of the molecule is C[C@]12CC=C3C=C4C=C[C@@H](N5C[C@H](O)[C@@H](O)C5)C[C@]45CCC3(O5)[C@@H]1CC[C@@H]2c1ccc2ccncc2c1. The third-order valence-electron chi connectivity index (χ3n) is 11.1. The number of aromatic nitrogens is 1. The molecular weight excluding hydrogens is 460 g/mol. The first-order valence-corrected chi connectivity index (χ1v) is 14.2. The van der Waals surface area contributed by atoms with Crippen molar-refractivity contribution in [3.8, 4) is 0 Å². The van der Waals surface area contributed by atoms with E-state index in [1.807, 2.05) is 12.4 Å². The lowest BCUT2D eigenvalue weighted by Gasteiger charge is -2.54. The number of likely N-dealkylation sites (tertiary alicyclic amines) is 1. The van der Waals surface area contributed by atoms with Crippen molar-refractivity contribution >= 4 is 10.8 Å². The van der Waals surface area contributed by atoms with E-state index in [1.165, 1.54) is 40.3 Å². The fraction of sp³-hybridized carbons (Fsp3) is 0.531. The van der Waals surface area contributed by atoms with Gasteiger partial charge < -0.3 is 14.9 Å². The maximum absolute atomic E-state index is 10.2. The lowest BCUT2D eigenvalue weighted by Crippen LogP contribution is -2.54. The maximum atomic E-state index is 10.2. The Balaban J connectivity index is 1.14. The van der Waals surface area contributed by atoms with Crippen LogP contribution in [0.5, 0.6) is 0 Å². The molecular formula is C32H36N2O3. The van der Waals surface area contributed by atoms with Gasteiger partial charge in [0.25, 0.3) is 0 Å². The second-order valence-corrected chi connectivity index (χ2v) is 12.8. The van der Waals surface area contributed by atoms with Gasteiger partial charge in [0.15, 0.2) is 0 Å². The highest BCUT2D eigenvalue weighted by molar-refractivity contribution is 5.82. The molecule has 2 spiro atoms. The van der Waals surface area contributed by atoms with Crippen molar-refractivity contribution in [3.63, 3.8) is 0 Å². The topological polar surface area (TPSA) is 65.8 Å². The van der Waals surface area contributed by atoms with Crippen molar-refractivity contribution in [2.24, 2.45) is 11.3 Å². The van der Waals surface area contributed by atoms with Gasteiger partial charge in [0, 0.05) is 36.9 Å². The second-order valence-electron chi connectivity index (χ2n) is 12.8. The van der Waals surface area contributed by atoms with Crippen LogP contribution in [0.4, 0.5) is 0 Å². The summed E-state index contributed by atoms with van der Waals surface area (Å²) in [5, 5.41) is 22.8. The first-order chi connectivity index (χ1) is 17.9. The van der Waals surface area contributed by atoms with E-state index in [2.05, 4.69) is 65.4 Å². The molecule has 8 rings (SSSR count). The van der Waals surface area contributed by atoms with Crippen LogP contribution in [0, 0.1) is 11.3 Å². The van der Waals surface area contributed by atoms with Gasteiger partial charge in [-0.3, -0.25) is 9.88 Å². The molecule has 2 aromatic rings. The molecule has 1 unspecified atom stereocenters. The highest BCUT2D eigenvalue weighted by atomic mass is 16.5. The van der Waals surface area contributed by atoms with Gasteiger partial charge in [-0.2, -0.15) is 0 Å². The number of nitrogens with zero attached hydrogens (tertiary/aromatic N) is 2. The molecule has 2 bridgehead atoms. The van der Waals surface area contributed by atoms with Crippen molar-refractivity contribution in [3.05, 3.63) is 77.7 Å². The van der Waals surface area contributed by atoms with Gasteiger partial charge in [-0.1, -0.05) is 43.4 Å². The average molecular weight is 497 g/mol. The Bertz CT molecular complexity index is 1370. The smallest absolute Gasteiger partial charge is 0.0975 e. The van der Waals surface area contributed by atoms with Gasteiger partial charge >= 0.3 is 0 Å². The van der Waals surface area contributed by atoms with E-state index < -0.39 is 12.2 Å². The number of ether oxygens (including phenoxy) is 1. The zero-order valence-corrected chi connectivity index (χ0v) is 21.5. The molecule has 3 fully saturated rings. The number of allylic oxidation sites excluding steroid dienone is 1. The molecule has 3 aliphatic heterocycles. The molecule has 192 valence electrons. The standard InChI is InChI=1S/C32H36N2O3/c1-30-10-8-24-15-23-4-5-25(34-18-27(35)28(36)19-34)16-31(23)11-12-32(24,37-31)29(30)7-6-26(30)21-3-2-20-9-13-33-17-22(20)14-21/h2-5,8-9,13-15,17,25-29,35-36H,6-7,10-12,16,18-19H2,1H3/t25-,26-,27+,28+,29-,30-,31-,32?/m1/s1. The normalized spacial score (nSPS) is 44.4. The number of pyridine rings is 1. The number of hydrogen-bond donors (Lipinski definition) is 2. The average Bonchev–Trinajstić information content (AvgIpc) is 3.54. The Morgan fingerprint density at radius 3 is 2.76 bits per heavy atom.